The van der Waals surface area contributed by atoms with E-state index >= 15 is 0 Å². The van der Waals surface area contributed by atoms with Crippen molar-refractivity contribution in [3.05, 3.63) is 35.4 Å². The van der Waals surface area contributed by atoms with Crippen LogP contribution in [0.15, 0.2) is 24.3 Å². The minimum atomic E-state index is -0.380. The van der Waals surface area contributed by atoms with Crippen LogP contribution in [0, 0.1) is 5.92 Å². The number of hydrogen-bond acceptors (Lipinski definition) is 4. The van der Waals surface area contributed by atoms with Gasteiger partial charge >= 0.3 is 0 Å². The van der Waals surface area contributed by atoms with E-state index < -0.39 is 0 Å². The average Bonchev–Trinajstić information content (AvgIpc) is 3.04. The van der Waals surface area contributed by atoms with Crippen LogP contribution in [0.4, 0.5) is 0 Å². The SMILES string of the molecule is CO[C@@H]1CCC[C@@H]1[C@@H]1COCCN1Cc1ccc(C(N)=O)cc1. The van der Waals surface area contributed by atoms with E-state index in [-0.39, 0.29) is 5.91 Å². The van der Waals surface area contributed by atoms with E-state index in [0.717, 1.165) is 32.7 Å². The molecule has 126 valence electrons. The van der Waals surface area contributed by atoms with Gasteiger partial charge < -0.3 is 15.2 Å². The van der Waals surface area contributed by atoms with Crippen LogP contribution < -0.4 is 5.73 Å². The standard InChI is InChI=1S/C18H26N2O3/c1-22-17-4-2-3-15(17)16-12-23-10-9-20(16)11-13-5-7-14(8-6-13)18(19)21/h5-8,15-17H,2-4,9-12H2,1H3,(H2,19,21)/t15-,16+,17-/m1/s1. The second kappa shape index (κ2) is 7.43. The largest absolute Gasteiger partial charge is 0.381 e. The summed E-state index contributed by atoms with van der Waals surface area (Å²) in [6.07, 6.45) is 3.95. The smallest absolute Gasteiger partial charge is 0.248 e. The molecular formula is C18H26N2O3. The molecule has 0 spiro atoms. The van der Waals surface area contributed by atoms with Gasteiger partial charge in [0, 0.05) is 37.7 Å². The van der Waals surface area contributed by atoms with Crippen LogP contribution in [0.5, 0.6) is 0 Å². The molecule has 2 aliphatic rings. The van der Waals surface area contributed by atoms with Crippen LogP contribution in [-0.4, -0.2) is 49.8 Å². The minimum Gasteiger partial charge on any atom is -0.381 e. The Balaban J connectivity index is 1.70. The molecular weight excluding hydrogens is 292 g/mol. The number of primary amides is 1. The van der Waals surface area contributed by atoms with Gasteiger partial charge in [-0.1, -0.05) is 18.6 Å². The van der Waals surface area contributed by atoms with Gasteiger partial charge in [-0.3, -0.25) is 9.69 Å². The van der Waals surface area contributed by atoms with Gasteiger partial charge in [0.1, 0.15) is 0 Å². The van der Waals surface area contributed by atoms with E-state index in [4.69, 9.17) is 15.2 Å². The third-order valence-corrected chi connectivity index (χ3v) is 5.21. The number of methoxy groups -OCH3 is 1. The van der Waals surface area contributed by atoms with E-state index in [0.29, 0.717) is 23.6 Å². The maximum atomic E-state index is 11.2. The predicted molar refractivity (Wildman–Crippen MR) is 88.1 cm³/mol. The zero-order chi connectivity index (χ0) is 16.2. The average molecular weight is 318 g/mol. The first-order valence-electron chi connectivity index (χ1n) is 8.42. The van der Waals surface area contributed by atoms with E-state index in [1.807, 2.05) is 19.2 Å². The Bertz CT molecular complexity index is 532. The van der Waals surface area contributed by atoms with Crippen molar-refractivity contribution in [3.63, 3.8) is 0 Å². The fraction of sp³-hybridized carbons (Fsp3) is 0.611. The molecule has 0 bridgehead atoms. The lowest BCUT2D eigenvalue weighted by molar-refractivity contribution is -0.0608. The number of ether oxygens (including phenoxy) is 2. The molecule has 23 heavy (non-hydrogen) atoms. The zero-order valence-corrected chi connectivity index (χ0v) is 13.7. The first-order chi connectivity index (χ1) is 11.2. The summed E-state index contributed by atoms with van der Waals surface area (Å²) >= 11 is 0. The lowest BCUT2D eigenvalue weighted by Crippen LogP contribution is -2.50. The molecule has 0 aromatic heterocycles. The number of carbonyl (C=O) groups is 1. The lowest BCUT2D eigenvalue weighted by atomic mass is 9.93. The van der Waals surface area contributed by atoms with Crippen molar-refractivity contribution in [3.8, 4) is 0 Å². The zero-order valence-electron chi connectivity index (χ0n) is 13.7. The number of hydrogen-bond donors (Lipinski definition) is 1. The van der Waals surface area contributed by atoms with Crippen LogP contribution in [0.3, 0.4) is 0 Å². The Morgan fingerprint density at radius 3 is 2.83 bits per heavy atom. The Morgan fingerprint density at radius 2 is 2.13 bits per heavy atom. The summed E-state index contributed by atoms with van der Waals surface area (Å²) in [6.45, 7) is 3.37. The maximum absolute atomic E-state index is 11.2. The summed E-state index contributed by atoms with van der Waals surface area (Å²) in [6, 6.07) is 8.01. The molecule has 2 N–H and O–H groups in total. The number of rotatable bonds is 5. The van der Waals surface area contributed by atoms with Crippen molar-refractivity contribution < 1.29 is 14.3 Å². The number of carbonyl (C=O) groups excluding carboxylic acids is 1. The molecule has 5 nitrogen and oxygen atoms in total. The fourth-order valence-electron chi connectivity index (χ4n) is 3.94. The van der Waals surface area contributed by atoms with Gasteiger partial charge in [-0.05, 0) is 30.5 Å². The highest BCUT2D eigenvalue weighted by Gasteiger charge is 2.38. The Labute approximate surface area is 137 Å². The quantitative estimate of drug-likeness (QED) is 0.899. The summed E-state index contributed by atoms with van der Waals surface area (Å²) in [5.41, 5.74) is 7.06. The second-order valence-electron chi connectivity index (χ2n) is 6.54. The fourth-order valence-corrected chi connectivity index (χ4v) is 3.94. The molecule has 1 saturated carbocycles. The van der Waals surface area contributed by atoms with Crippen molar-refractivity contribution in [1.82, 2.24) is 4.90 Å². The van der Waals surface area contributed by atoms with E-state index in [9.17, 15) is 4.79 Å². The number of amides is 1. The normalized spacial score (nSPS) is 28.8. The summed E-state index contributed by atoms with van der Waals surface area (Å²) in [5.74, 6) is 0.167. The summed E-state index contributed by atoms with van der Waals surface area (Å²) in [4.78, 5) is 13.7. The molecule has 3 rings (SSSR count). The van der Waals surface area contributed by atoms with Gasteiger partial charge in [-0.2, -0.15) is 0 Å². The highest BCUT2D eigenvalue weighted by atomic mass is 16.5. The van der Waals surface area contributed by atoms with Crippen molar-refractivity contribution >= 4 is 5.91 Å². The van der Waals surface area contributed by atoms with Gasteiger partial charge in [-0.25, -0.2) is 0 Å². The van der Waals surface area contributed by atoms with Crippen molar-refractivity contribution in [2.45, 2.75) is 38.0 Å². The third kappa shape index (κ3) is 3.74. The molecule has 1 saturated heterocycles. The molecule has 1 aromatic rings. The Kier molecular flexibility index (Phi) is 5.30. The predicted octanol–water partition coefficient (Wildman–Crippen LogP) is 1.80. The molecule has 1 aliphatic heterocycles. The molecule has 1 aliphatic carbocycles. The molecule has 0 unspecified atom stereocenters. The van der Waals surface area contributed by atoms with Gasteiger partial charge in [-0.15, -0.1) is 0 Å². The van der Waals surface area contributed by atoms with Crippen molar-refractivity contribution in [1.29, 1.82) is 0 Å². The number of nitrogens with two attached hydrogens (primary N) is 1. The van der Waals surface area contributed by atoms with Crippen LogP contribution in [-0.2, 0) is 16.0 Å². The van der Waals surface area contributed by atoms with Crippen LogP contribution >= 0.6 is 0 Å². The first kappa shape index (κ1) is 16.4. The number of morpholine rings is 1. The molecule has 2 fully saturated rings. The lowest BCUT2D eigenvalue weighted by Gasteiger charge is -2.40. The first-order valence-corrected chi connectivity index (χ1v) is 8.42. The number of benzene rings is 1. The van der Waals surface area contributed by atoms with E-state index in [1.165, 1.54) is 18.4 Å². The minimum absolute atomic E-state index is 0.349. The monoisotopic (exact) mass is 318 g/mol. The van der Waals surface area contributed by atoms with Gasteiger partial charge in [0.25, 0.3) is 0 Å². The third-order valence-electron chi connectivity index (χ3n) is 5.21. The highest BCUT2D eigenvalue weighted by molar-refractivity contribution is 5.92. The molecule has 1 aromatic carbocycles. The summed E-state index contributed by atoms with van der Waals surface area (Å²) in [5, 5.41) is 0. The van der Waals surface area contributed by atoms with Crippen LogP contribution in [0.1, 0.15) is 35.2 Å². The molecule has 3 atom stereocenters. The number of nitrogens with zero attached hydrogens (tertiary/aromatic N) is 1. The Hall–Kier alpha value is -1.43. The molecule has 5 heteroatoms. The van der Waals surface area contributed by atoms with Gasteiger partial charge in [0.2, 0.25) is 5.91 Å². The van der Waals surface area contributed by atoms with Crippen molar-refractivity contribution in [2.75, 3.05) is 26.9 Å². The summed E-state index contributed by atoms with van der Waals surface area (Å²) < 4.78 is 11.4. The van der Waals surface area contributed by atoms with E-state index in [1.54, 1.807) is 12.1 Å². The van der Waals surface area contributed by atoms with Gasteiger partial charge in [0.05, 0.1) is 19.3 Å². The molecule has 1 heterocycles. The van der Waals surface area contributed by atoms with E-state index in [2.05, 4.69) is 4.90 Å². The Morgan fingerprint density at radius 1 is 1.35 bits per heavy atom. The van der Waals surface area contributed by atoms with Crippen molar-refractivity contribution in [2.24, 2.45) is 11.7 Å². The maximum Gasteiger partial charge on any atom is 0.248 e. The van der Waals surface area contributed by atoms with Crippen LogP contribution in [0.2, 0.25) is 0 Å². The van der Waals surface area contributed by atoms with Gasteiger partial charge in [0.15, 0.2) is 0 Å². The molecule has 0 radical (unpaired) electrons. The summed E-state index contributed by atoms with van der Waals surface area (Å²) in [7, 11) is 1.82. The topological polar surface area (TPSA) is 64.8 Å². The molecule has 1 amide bonds. The highest BCUT2D eigenvalue weighted by Crippen LogP contribution is 2.34. The second-order valence-corrected chi connectivity index (χ2v) is 6.54. The van der Waals surface area contributed by atoms with Crippen LogP contribution in [0.25, 0.3) is 0 Å².